The van der Waals surface area contributed by atoms with E-state index >= 15 is 0 Å². The molecule has 1 aliphatic carbocycles. The molecule has 2 nitrogen and oxygen atoms in total. The minimum absolute atomic E-state index is 0.00167. The van der Waals surface area contributed by atoms with Crippen LogP contribution in [0.25, 0.3) is 0 Å². The Kier molecular flexibility index (Phi) is 3.22. The number of hydrogen-bond donors (Lipinski definition) is 2. The molecule has 1 aliphatic rings. The summed E-state index contributed by atoms with van der Waals surface area (Å²) in [6.07, 6.45) is 5.52. The normalized spacial score (nSPS) is 19.0. The maximum atomic E-state index is 13.3. The highest BCUT2D eigenvalue weighted by molar-refractivity contribution is 5.67. The van der Waals surface area contributed by atoms with E-state index in [0.717, 1.165) is 31.7 Å². The number of anilines is 2. The third-order valence-corrected chi connectivity index (χ3v) is 3.49. The molecule has 0 spiro atoms. The van der Waals surface area contributed by atoms with E-state index in [1.54, 1.807) is 0 Å². The van der Waals surface area contributed by atoms with Crippen LogP contribution in [-0.2, 0) is 0 Å². The van der Waals surface area contributed by atoms with Crippen molar-refractivity contribution in [3.05, 3.63) is 23.8 Å². The van der Waals surface area contributed by atoms with E-state index in [2.05, 4.69) is 12.2 Å². The Bertz CT molecular complexity index is 412. The van der Waals surface area contributed by atoms with Crippen molar-refractivity contribution in [1.29, 1.82) is 0 Å². The summed E-state index contributed by atoms with van der Waals surface area (Å²) in [5, 5.41) is 3.20. The maximum Gasteiger partial charge on any atom is 0.151 e. The molecule has 17 heavy (non-hydrogen) atoms. The van der Waals surface area contributed by atoms with Crippen molar-refractivity contribution in [2.75, 3.05) is 11.1 Å². The van der Waals surface area contributed by atoms with Crippen LogP contribution in [0, 0.1) is 11.6 Å². The molecular weight excluding hydrogens is 222 g/mol. The first-order valence-corrected chi connectivity index (χ1v) is 6.03. The Hall–Kier alpha value is -1.32. The Morgan fingerprint density at radius 3 is 2.47 bits per heavy atom. The van der Waals surface area contributed by atoms with Gasteiger partial charge < -0.3 is 11.1 Å². The fraction of sp³-hybridized carbons (Fsp3) is 0.538. The van der Waals surface area contributed by atoms with Gasteiger partial charge in [0.1, 0.15) is 5.82 Å². The number of hydrogen-bond acceptors (Lipinski definition) is 2. The number of nitrogen functional groups attached to an aromatic ring is 1. The molecule has 0 aromatic heterocycles. The summed E-state index contributed by atoms with van der Waals surface area (Å²) in [6.45, 7) is 2.08. The molecule has 0 bridgehead atoms. The lowest BCUT2D eigenvalue weighted by Crippen LogP contribution is -2.37. The maximum absolute atomic E-state index is 13.3. The lowest BCUT2D eigenvalue weighted by molar-refractivity contribution is 0.349. The third-order valence-electron chi connectivity index (χ3n) is 3.49. The molecule has 0 saturated heterocycles. The van der Waals surface area contributed by atoms with E-state index in [4.69, 9.17) is 5.73 Å². The van der Waals surface area contributed by atoms with Gasteiger partial charge in [-0.3, -0.25) is 0 Å². The van der Waals surface area contributed by atoms with Crippen LogP contribution in [0.3, 0.4) is 0 Å². The molecule has 0 radical (unpaired) electrons. The topological polar surface area (TPSA) is 38.0 Å². The standard InChI is InChI=1S/C13H18F2N2/c1-13(5-3-2-4-6-13)17-11-8-9(14)7-10(15)12(11)16/h7-8,17H,2-6,16H2,1H3. The van der Waals surface area contributed by atoms with E-state index in [0.29, 0.717) is 5.69 Å². The zero-order valence-corrected chi connectivity index (χ0v) is 10.0. The van der Waals surface area contributed by atoms with Crippen LogP contribution in [0.2, 0.25) is 0 Å². The predicted molar refractivity (Wildman–Crippen MR) is 65.9 cm³/mol. The van der Waals surface area contributed by atoms with E-state index in [-0.39, 0.29) is 11.2 Å². The fourth-order valence-electron chi connectivity index (χ4n) is 2.47. The van der Waals surface area contributed by atoms with Gasteiger partial charge in [-0.25, -0.2) is 8.78 Å². The Morgan fingerprint density at radius 1 is 1.18 bits per heavy atom. The second-order valence-electron chi connectivity index (χ2n) is 5.10. The van der Waals surface area contributed by atoms with Crippen LogP contribution >= 0.6 is 0 Å². The summed E-state index contributed by atoms with van der Waals surface area (Å²) >= 11 is 0. The van der Waals surface area contributed by atoms with Crippen LogP contribution in [0.4, 0.5) is 20.2 Å². The molecule has 0 unspecified atom stereocenters. The quantitative estimate of drug-likeness (QED) is 0.774. The minimum Gasteiger partial charge on any atom is -0.395 e. The highest BCUT2D eigenvalue weighted by Gasteiger charge is 2.27. The fourth-order valence-corrected chi connectivity index (χ4v) is 2.47. The van der Waals surface area contributed by atoms with Gasteiger partial charge in [-0.15, -0.1) is 0 Å². The van der Waals surface area contributed by atoms with Gasteiger partial charge in [0, 0.05) is 11.6 Å². The summed E-state index contributed by atoms with van der Waals surface area (Å²) in [5.41, 5.74) is 5.88. The molecule has 1 aromatic carbocycles. The van der Waals surface area contributed by atoms with Gasteiger partial charge in [0.25, 0.3) is 0 Å². The first kappa shape index (κ1) is 12.1. The lowest BCUT2D eigenvalue weighted by atomic mass is 9.83. The molecule has 1 saturated carbocycles. The average molecular weight is 240 g/mol. The monoisotopic (exact) mass is 240 g/mol. The molecule has 0 heterocycles. The van der Waals surface area contributed by atoms with E-state index in [9.17, 15) is 8.78 Å². The second kappa shape index (κ2) is 4.51. The van der Waals surface area contributed by atoms with Crippen molar-refractivity contribution >= 4 is 11.4 Å². The molecule has 0 amide bonds. The van der Waals surface area contributed by atoms with Crippen molar-refractivity contribution in [3.63, 3.8) is 0 Å². The minimum atomic E-state index is -0.702. The van der Waals surface area contributed by atoms with Crippen molar-refractivity contribution < 1.29 is 8.78 Å². The van der Waals surface area contributed by atoms with Crippen LogP contribution in [0.5, 0.6) is 0 Å². The smallest absolute Gasteiger partial charge is 0.151 e. The molecule has 3 N–H and O–H groups in total. The highest BCUT2D eigenvalue weighted by Crippen LogP contribution is 2.34. The van der Waals surface area contributed by atoms with Crippen molar-refractivity contribution in [2.24, 2.45) is 0 Å². The Morgan fingerprint density at radius 2 is 1.82 bits per heavy atom. The zero-order valence-electron chi connectivity index (χ0n) is 10.0. The Labute approximate surface area is 100 Å². The third kappa shape index (κ3) is 2.68. The molecule has 0 atom stereocenters. The van der Waals surface area contributed by atoms with Crippen LogP contribution < -0.4 is 11.1 Å². The van der Waals surface area contributed by atoms with E-state index in [1.807, 2.05) is 0 Å². The summed E-state index contributed by atoms with van der Waals surface area (Å²) in [4.78, 5) is 0. The summed E-state index contributed by atoms with van der Waals surface area (Å²) in [5.74, 6) is -1.30. The summed E-state index contributed by atoms with van der Waals surface area (Å²) in [7, 11) is 0. The van der Waals surface area contributed by atoms with Crippen molar-refractivity contribution in [3.8, 4) is 0 Å². The second-order valence-corrected chi connectivity index (χ2v) is 5.10. The molecule has 1 fully saturated rings. The van der Waals surface area contributed by atoms with Gasteiger partial charge in [-0.1, -0.05) is 19.3 Å². The van der Waals surface area contributed by atoms with E-state index in [1.165, 1.54) is 12.5 Å². The molecule has 1 aromatic rings. The van der Waals surface area contributed by atoms with Crippen LogP contribution in [0.15, 0.2) is 12.1 Å². The summed E-state index contributed by atoms with van der Waals surface area (Å²) in [6, 6.07) is 2.07. The summed E-state index contributed by atoms with van der Waals surface area (Å²) < 4.78 is 26.5. The number of nitrogens with two attached hydrogens (primary N) is 1. The van der Waals surface area contributed by atoms with Gasteiger partial charge >= 0.3 is 0 Å². The van der Waals surface area contributed by atoms with Crippen LogP contribution in [0.1, 0.15) is 39.0 Å². The van der Waals surface area contributed by atoms with Gasteiger partial charge in [0.15, 0.2) is 5.82 Å². The SMILES string of the molecule is CC1(Nc2cc(F)cc(F)c2N)CCCCC1. The molecule has 0 aliphatic heterocycles. The van der Waals surface area contributed by atoms with Crippen LogP contribution in [-0.4, -0.2) is 5.54 Å². The predicted octanol–water partition coefficient (Wildman–Crippen LogP) is 3.68. The highest BCUT2D eigenvalue weighted by atomic mass is 19.1. The van der Waals surface area contributed by atoms with Gasteiger partial charge in [-0.2, -0.15) is 0 Å². The molecule has 2 rings (SSSR count). The first-order valence-electron chi connectivity index (χ1n) is 6.03. The average Bonchev–Trinajstić information content (AvgIpc) is 2.26. The molecule has 94 valence electrons. The van der Waals surface area contributed by atoms with E-state index < -0.39 is 11.6 Å². The number of benzene rings is 1. The molecular formula is C13H18F2N2. The van der Waals surface area contributed by atoms with Crippen molar-refractivity contribution in [2.45, 2.75) is 44.6 Å². The van der Waals surface area contributed by atoms with Gasteiger partial charge in [0.2, 0.25) is 0 Å². The largest absolute Gasteiger partial charge is 0.395 e. The molecule has 4 heteroatoms. The number of rotatable bonds is 2. The number of nitrogens with one attached hydrogen (secondary N) is 1. The Balaban J connectivity index is 2.23. The van der Waals surface area contributed by atoms with Gasteiger partial charge in [0.05, 0.1) is 11.4 Å². The van der Waals surface area contributed by atoms with Gasteiger partial charge in [-0.05, 0) is 25.8 Å². The zero-order chi connectivity index (χ0) is 12.5. The first-order chi connectivity index (χ1) is 8.00. The lowest BCUT2D eigenvalue weighted by Gasteiger charge is -2.36. The van der Waals surface area contributed by atoms with Crippen molar-refractivity contribution in [1.82, 2.24) is 0 Å². The number of halogens is 2.